The van der Waals surface area contributed by atoms with Crippen molar-refractivity contribution in [3.63, 3.8) is 0 Å². The minimum Gasteiger partial charge on any atom is -0.395 e. The summed E-state index contributed by atoms with van der Waals surface area (Å²) in [7, 11) is 0. The van der Waals surface area contributed by atoms with E-state index in [1.165, 1.54) is 17.0 Å². The molecule has 0 atom stereocenters. The summed E-state index contributed by atoms with van der Waals surface area (Å²) < 4.78 is 13.2. The molecule has 0 bridgehead atoms. The Kier molecular flexibility index (Phi) is 5.49. The van der Waals surface area contributed by atoms with Crippen molar-refractivity contribution in [2.24, 2.45) is 0 Å². The van der Waals surface area contributed by atoms with Crippen LogP contribution in [0.5, 0.6) is 0 Å². The number of rotatable bonds is 5. The molecule has 0 fully saturated rings. The Morgan fingerprint density at radius 1 is 1.23 bits per heavy atom. The highest BCUT2D eigenvalue weighted by atomic mass is 19.1. The van der Waals surface area contributed by atoms with Gasteiger partial charge in [0.2, 0.25) is 0 Å². The van der Waals surface area contributed by atoms with Crippen molar-refractivity contribution in [1.29, 1.82) is 0 Å². The molecule has 22 heavy (non-hydrogen) atoms. The van der Waals surface area contributed by atoms with Crippen LogP contribution in [-0.4, -0.2) is 29.2 Å². The molecule has 2 N–H and O–H groups in total. The maximum Gasteiger partial charge on any atom is 0.322 e. The number of anilines is 1. The third-order valence-corrected chi connectivity index (χ3v) is 3.28. The highest BCUT2D eigenvalue weighted by molar-refractivity contribution is 5.89. The SMILES string of the molecule is Cc1cc(NC(=O)N(CCO)Cc2ccccc2)ccc1F. The predicted molar refractivity (Wildman–Crippen MR) is 84.1 cm³/mol. The molecule has 0 unspecified atom stereocenters. The summed E-state index contributed by atoms with van der Waals surface area (Å²) in [4.78, 5) is 13.8. The van der Waals surface area contributed by atoms with E-state index in [1.54, 1.807) is 13.0 Å². The first-order chi connectivity index (χ1) is 10.6. The molecule has 0 aliphatic rings. The Labute approximate surface area is 129 Å². The quantitative estimate of drug-likeness (QED) is 0.891. The van der Waals surface area contributed by atoms with E-state index < -0.39 is 0 Å². The number of nitrogens with zero attached hydrogens (tertiary/aromatic N) is 1. The number of benzene rings is 2. The van der Waals surface area contributed by atoms with Crippen molar-refractivity contribution in [3.8, 4) is 0 Å². The van der Waals surface area contributed by atoms with Crippen LogP contribution in [0.4, 0.5) is 14.9 Å². The molecular formula is C17H19FN2O2. The maximum atomic E-state index is 13.2. The van der Waals surface area contributed by atoms with E-state index in [0.717, 1.165) is 5.56 Å². The van der Waals surface area contributed by atoms with Gasteiger partial charge in [-0.3, -0.25) is 0 Å². The van der Waals surface area contributed by atoms with Crippen LogP contribution in [0, 0.1) is 12.7 Å². The molecule has 0 aliphatic carbocycles. The topological polar surface area (TPSA) is 52.6 Å². The Morgan fingerprint density at radius 2 is 1.95 bits per heavy atom. The standard InChI is InChI=1S/C17H19FN2O2/c1-13-11-15(7-8-16(13)18)19-17(22)20(9-10-21)12-14-5-3-2-4-6-14/h2-8,11,21H,9-10,12H2,1H3,(H,19,22). The first-order valence-electron chi connectivity index (χ1n) is 7.07. The molecule has 2 aromatic carbocycles. The van der Waals surface area contributed by atoms with E-state index in [1.807, 2.05) is 30.3 Å². The lowest BCUT2D eigenvalue weighted by atomic mass is 10.2. The van der Waals surface area contributed by atoms with Gasteiger partial charge >= 0.3 is 6.03 Å². The van der Waals surface area contributed by atoms with Crippen LogP contribution in [0.1, 0.15) is 11.1 Å². The summed E-state index contributed by atoms with van der Waals surface area (Å²) in [6.07, 6.45) is 0. The zero-order valence-electron chi connectivity index (χ0n) is 12.4. The first-order valence-corrected chi connectivity index (χ1v) is 7.07. The zero-order valence-corrected chi connectivity index (χ0v) is 12.4. The second-order valence-electron chi connectivity index (χ2n) is 5.02. The van der Waals surface area contributed by atoms with Gasteiger partial charge in [-0.25, -0.2) is 9.18 Å². The highest BCUT2D eigenvalue weighted by Gasteiger charge is 2.14. The fraction of sp³-hybridized carbons (Fsp3) is 0.235. The molecule has 0 heterocycles. The Balaban J connectivity index is 2.07. The summed E-state index contributed by atoms with van der Waals surface area (Å²) in [5.74, 6) is -0.311. The van der Waals surface area contributed by atoms with Crippen LogP contribution in [0.25, 0.3) is 0 Å². The van der Waals surface area contributed by atoms with Crippen molar-refractivity contribution in [1.82, 2.24) is 4.90 Å². The van der Waals surface area contributed by atoms with Gasteiger partial charge in [0.1, 0.15) is 5.82 Å². The van der Waals surface area contributed by atoms with Crippen LogP contribution in [0.3, 0.4) is 0 Å². The molecule has 2 amide bonds. The Hall–Kier alpha value is -2.40. The lowest BCUT2D eigenvalue weighted by molar-refractivity contribution is 0.185. The zero-order chi connectivity index (χ0) is 15.9. The number of carbonyl (C=O) groups excluding carboxylic acids is 1. The third-order valence-electron chi connectivity index (χ3n) is 3.28. The van der Waals surface area contributed by atoms with Crippen molar-refractivity contribution in [2.45, 2.75) is 13.5 Å². The molecule has 116 valence electrons. The number of amides is 2. The first kappa shape index (κ1) is 16.0. The molecule has 0 radical (unpaired) electrons. The largest absolute Gasteiger partial charge is 0.395 e. The summed E-state index contributed by atoms with van der Waals surface area (Å²) in [5, 5.41) is 11.9. The number of aliphatic hydroxyl groups excluding tert-OH is 1. The van der Waals surface area contributed by atoms with E-state index >= 15 is 0 Å². The monoisotopic (exact) mass is 302 g/mol. The van der Waals surface area contributed by atoms with Gasteiger partial charge < -0.3 is 15.3 Å². The van der Waals surface area contributed by atoms with Crippen molar-refractivity contribution in [2.75, 3.05) is 18.5 Å². The number of urea groups is 1. The summed E-state index contributed by atoms with van der Waals surface area (Å²) in [6, 6.07) is 13.6. The number of aryl methyl sites for hydroxylation is 1. The van der Waals surface area contributed by atoms with Gasteiger partial charge in [0.05, 0.1) is 6.61 Å². The molecule has 0 spiro atoms. The predicted octanol–water partition coefficient (Wildman–Crippen LogP) is 3.16. The van der Waals surface area contributed by atoms with Crippen LogP contribution >= 0.6 is 0 Å². The van der Waals surface area contributed by atoms with Gasteiger partial charge in [-0.05, 0) is 36.2 Å². The highest BCUT2D eigenvalue weighted by Crippen LogP contribution is 2.15. The number of aliphatic hydroxyl groups is 1. The normalized spacial score (nSPS) is 10.3. The second kappa shape index (κ2) is 7.56. The fourth-order valence-corrected chi connectivity index (χ4v) is 2.10. The third kappa shape index (κ3) is 4.30. The van der Waals surface area contributed by atoms with E-state index in [0.29, 0.717) is 17.8 Å². The van der Waals surface area contributed by atoms with E-state index in [2.05, 4.69) is 5.32 Å². The minimum absolute atomic E-state index is 0.122. The summed E-state index contributed by atoms with van der Waals surface area (Å²) in [6.45, 7) is 2.14. The van der Waals surface area contributed by atoms with Crippen LogP contribution < -0.4 is 5.32 Å². The summed E-state index contributed by atoms with van der Waals surface area (Å²) in [5.41, 5.74) is 1.97. The Morgan fingerprint density at radius 3 is 2.59 bits per heavy atom. The summed E-state index contributed by atoms with van der Waals surface area (Å²) >= 11 is 0. The van der Waals surface area contributed by atoms with Gasteiger partial charge in [-0.2, -0.15) is 0 Å². The second-order valence-corrected chi connectivity index (χ2v) is 5.02. The lowest BCUT2D eigenvalue weighted by Gasteiger charge is -2.22. The van der Waals surface area contributed by atoms with E-state index in [-0.39, 0.29) is 25.0 Å². The number of halogens is 1. The average molecular weight is 302 g/mol. The van der Waals surface area contributed by atoms with E-state index in [9.17, 15) is 9.18 Å². The van der Waals surface area contributed by atoms with E-state index in [4.69, 9.17) is 5.11 Å². The molecule has 2 aromatic rings. The molecule has 4 nitrogen and oxygen atoms in total. The molecular weight excluding hydrogens is 283 g/mol. The van der Waals surface area contributed by atoms with Crippen LogP contribution in [-0.2, 0) is 6.54 Å². The minimum atomic E-state index is -0.330. The maximum absolute atomic E-state index is 13.2. The van der Waals surface area contributed by atoms with Crippen LogP contribution in [0.2, 0.25) is 0 Å². The fourth-order valence-electron chi connectivity index (χ4n) is 2.10. The molecule has 0 saturated heterocycles. The Bertz CT molecular complexity index is 632. The van der Waals surface area contributed by atoms with Gasteiger partial charge in [-0.1, -0.05) is 30.3 Å². The van der Waals surface area contributed by atoms with Gasteiger partial charge in [0.25, 0.3) is 0 Å². The molecule has 5 heteroatoms. The van der Waals surface area contributed by atoms with Gasteiger partial charge in [0.15, 0.2) is 0 Å². The number of hydrogen-bond donors (Lipinski definition) is 2. The van der Waals surface area contributed by atoms with Crippen molar-refractivity contribution < 1.29 is 14.3 Å². The molecule has 0 aromatic heterocycles. The van der Waals surface area contributed by atoms with Gasteiger partial charge in [-0.15, -0.1) is 0 Å². The number of carbonyl (C=O) groups is 1. The number of hydrogen-bond acceptors (Lipinski definition) is 2. The van der Waals surface area contributed by atoms with Gasteiger partial charge in [0, 0.05) is 18.8 Å². The van der Waals surface area contributed by atoms with Crippen molar-refractivity contribution in [3.05, 3.63) is 65.5 Å². The molecule has 0 aliphatic heterocycles. The lowest BCUT2D eigenvalue weighted by Crippen LogP contribution is -2.36. The molecule has 2 rings (SSSR count). The average Bonchev–Trinajstić information content (AvgIpc) is 2.51. The van der Waals surface area contributed by atoms with Crippen LogP contribution in [0.15, 0.2) is 48.5 Å². The number of nitrogens with one attached hydrogen (secondary N) is 1. The smallest absolute Gasteiger partial charge is 0.322 e. The van der Waals surface area contributed by atoms with Crippen molar-refractivity contribution >= 4 is 11.7 Å². The molecule has 0 saturated carbocycles.